The first kappa shape index (κ1) is 17.2. The Kier molecular flexibility index (Phi) is 5.92. The molecule has 7 heteroatoms. The predicted molar refractivity (Wildman–Crippen MR) is 88.3 cm³/mol. The summed E-state index contributed by atoms with van der Waals surface area (Å²) in [6.07, 6.45) is 1.78. The van der Waals surface area contributed by atoms with Gasteiger partial charge in [0, 0.05) is 11.1 Å². The van der Waals surface area contributed by atoms with Crippen LogP contribution in [-0.2, 0) is 0 Å². The van der Waals surface area contributed by atoms with E-state index in [0.717, 1.165) is 9.88 Å². The van der Waals surface area contributed by atoms with Crippen molar-refractivity contribution in [3.63, 3.8) is 0 Å². The van der Waals surface area contributed by atoms with Gasteiger partial charge >= 0.3 is 6.03 Å². The quantitative estimate of drug-likeness (QED) is 0.849. The van der Waals surface area contributed by atoms with Gasteiger partial charge in [0.2, 0.25) is 0 Å². The van der Waals surface area contributed by atoms with Crippen molar-refractivity contribution in [2.24, 2.45) is 0 Å². The van der Waals surface area contributed by atoms with Gasteiger partial charge in [-0.2, -0.15) is 0 Å². The number of urea groups is 1. The molecule has 5 nitrogen and oxygen atoms in total. The number of hydrogen-bond acceptors (Lipinski definition) is 4. The number of halogens is 1. The number of hydrogen-bond donors (Lipinski definition) is 2. The van der Waals surface area contributed by atoms with E-state index in [0.29, 0.717) is 0 Å². The van der Waals surface area contributed by atoms with Gasteiger partial charge in [-0.3, -0.25) is 0 Å². The molecule has 1 aromatic carbocycles. The molecule has 2 N–H and O–H groups in total. The molecule has 124 valence electrons. The summed E-state index contributed by atoms with van der Waals surface area (Å²) in [6, 6.07) is 5.43. The molecule has 0 unspecified atom stereocenters. The van der Waals surface area contributed by atoms with Gasteiger partial charge in [-0.25, -0.2) is 14.2 Å². The van der Waals surface area contributed by atoms with Gasteiger partial charge in [0.15, 0.2) is 11.6 Å². The van der Waals surface area contributed by atoms with Crippen LogP contribution in [0.25, 0.3) is 0 Å². The molecule has 0 aliphatic rings. The number of para-hydroxylation sites is 1. The van der Waals surface area contributed by atoms with Crippen LogP contribution in [0.1, 0.15) is 29.8 Å². The molecular weight excluding hydrogens is 317 g/mol. The van der Waals surface area contributed by atoms with Crippen LogP contribution in [0, 0.1) is 12.7 Å². The zero-order valence-electron chi connectivity index (χ0n) is 13.3. The van der Waals surface area contributed by atoms with Crippen LogP contribution < -0.4 is 15.4 Å². The van der Waals surface area contributed by atoms with Gasteiger partial charge in [-0.15, -0.1) is 11.3 Å². The Morgan fingerprint density at radius 1 is 1.35 bits per heavy atom. The third-order valence-corrected chi connectivity index (χ3v) is 4.16. The molecule has 0 aliphatic carbocycles. The van der Waals surface area contributed by atoms with Crippen molar-refractivity contribution in [3.8, 4) is 5.75 Å². The summed E-state index contributed by atoms with van der Waals surface area (Å²) in [5.41, 5.74) is 0. The van der Waals surface area contributed by atoms with Crippen LogP contribution >= 0.6 is 11.3 Å². The number of nitrogens with zero attached hydrogens (tertiary/aromatic N) is 1. The number of rotatable bonds is 6. The number of aromatic nitrogens is 1. The van der Waals surface area contributed by atoms with Crippen molar-refractivity contribution in [2.75, 3.05) is 6.61 Å². The van der Waals surface area contributed by atoms with E-state index >= 15 is 0 Å². The molecule has 23 heavy (non-hydrogen) atoms. The zero-order chi connectivity index (χ0) is 16.8. The minimum absolute atomic E-state index is 0.173. The van der Waals surface area contributed by atoms with E-state index in [1.54, 1.807) is 42.7 Å². The van der Waals surface area contributed by atoms with Crippen LogP contribution in [0.5, 0.6) is 5.75 Å². The summed E-state index contributed by atoms with van der Waals surface area (Å²) in [5, 5.41) is 6.43. The number of ether oxygens (including phenoxy) is 1. The third kappa shape index (κ3) is 5.21. The summed E-state index contributed by atoms with van der Waals surface area (Å²) in [7, 11) is 0. The van der Waals surface area contributed by atoms with E-state index in [2.05, 4.69) is 15.6 Å². The number of carbonyl (C=O) groups excluding carboxylic acids is 1. The van der Waals surface area contributed by atoms with Crippen LogP contribution in [0.2, 0.25) is 0 Å². The second-order valence-corrected chi connectivity index (χ2v) is 6.56. The van der Waals surface area contributed by atoms with Crippen molar-refractivity contribution >= 4 is 17.4 Å². The highest BCUT2D eigenvalue weighted by molar-refractivity contribution is 7.11. The van der Waals surface area contributed by atoms with Gasteiger partial charge in [0.1, 0.15) is 11.6 Å². The molecule has 2 rings (SSSR count). The Balaban J connectivity index is 1.77. The van der Waals surface area contributed by atoms with E-state index < -0.39 is 5.82 Å². The molecule has 0 saturated heterocycles. The largest absolute Gasteiger partial charge is 0.488 e. The Bertz CT molecular complexity index is 662. The van der Waals surface area contributed by atoms with Gasteiger partial charge in [0.05, 0.1) is 12.1 Å². The molecule has 0 spiro atoms. The lowest BCUT2D eigenvalue weighted by atomic mass is 10.3. The molecule has 0 radical (unpaired) electrons. The van der Waals surface area contributed by atoms with Gasteiger partial charge in [-0.05, 0) is 32.9 Å². The smallest absolute Gasteiger partial charge is 0.315 e. The maximum atomic E-state index is 13.4. The Labute approximate surface area is 138 Å². The molecule has 0 saturated carbocycles. The Hall–Kier alpha value is -2.15. The van der Waals surface area contributed by atoms with Crippen molar-refractivity contribution < 1.29 is 13.9 Å². The van der Waals surface area contributed by atoms with Crippen LogP contribution in [0.4, 0.5) is 9.18 Å². The first-order chi connectivity index (χ1) is 11.0. The molecule has 0 fully saturated rings. The Morgan fingerprint density at radius 2 is 2.09 bits per heavy atom. The first-order valence-corrected chi connectivity index (χ1v) is 8.14. The second-order valence-electron chi connectivity index (χ2n) is 5.29. The van der Waals surface area contributed by atoms with Crippen LogP contribution in [-0.4, -0.2) is 23.7 Å². The number of nitrogens with one attached hydrogen (secondary N) is 2. The summed E-state index contributed by atoms with van der Waals surface area (Å²) in [4.78, 5) is 17.3. The molecule has 1 aromatic heterocycles. The van der Waals surface area contributed by atoms with E-state index in [1.165, 1.54) is 6.07 Å². The highest BCUT2D eigenvalue weighted by atomic mass is 32.1. The lowest BCUT2D eigenvalue weighted by Crippen LogP contribution is -2.44. The lowest BCUT2D eigenvalue weighted by molar-refractivity contribution is 0.222. The molecule has 0 aliphatic heterocycles. The maximum absolute atomic E-state index is 13.4. The van der Waals surface area contributed by atoms with E-state index in [-0.39, 0.29) is 30.5 Å². The fourth-order valence-corrected chi connectivity index (χ4v) is 2.69. The Morgan fingerprint density at radius 3 is 2.74 bits per heavy atom. The summed E-state index contributed by atoms with van der Waals surface area (Å²) in [5.74, 6) is -0.245. The maximum Gasteiger partial charge on any atom is 0.315 e. The highest BCUT2D eigenvalue weighted by Crippen LogP contribution is 2.18. The number of amides is 2. The average Bonchev–Trinajstić information content (AvgIpc) is 2.93. The van der Waals surface area contributed by atoms with Crippen LogP contribution in [0.3, 0.4) is 0 Å². The molecule has 0 bridgehead atoms. The normalized spacial score (nSPS) is 13.2. The fourth-order valence-electron chi connectivity index (χ4n) is 1.91. The summed E-state index contributed by atoms with van der Waals surface area (Å²) in [6.45, 7) is 5.81. The molecule has 2 amide bonds. The molecule has 2 aromatic rings. The van der Waals surface area contributed by atoms with Crippen molar-refractivity contribution in [2.45, 2.75) is 32.9 Å². The number of thiazole rings is 1. The van der Waals surface area contributed by atoms with Gasteiger partial charge in [-0.1, -0.05) is 12.1 Å². The topological polar surface area (TPSA) is 63.2 Å². The minimum atomic E-state index is -0.420. The number of carbonyl (C=O) groups is 1. The van der Waals surface area contributed by atoms with Crippen molar-refractivity contribution in [3.05, 3.63) is 46.2 Å². The lowest BCUT2D eigenvalue weighted by Gasteiger charge is -2.17. The van der Waals surface area contributed by atoms with E-state index in [4.69, 9.17) is 4.74 Å². The van der Waals surface area contributed by atoms with E-state index in [9.17, 15) is 9.18 Å². The zero-order valence-corrected chi connectivity index (χ0v) is 14.1. The molecule has 2 atom stereocenters. The fraction of sp³-hybridized carbons (Fsp3) is 0.375. The standard InChI is InChI=1S/C16H20FN3O2S/c1-10(9-22-14-7-5-4-6-13(14)17)19-16(21)20-12(3)15-18-8-11(2)23-15/h4-8,10,12H,9H2,1-3H3,(H2,19,20,21)/t10-,12-/m1/s1. The van der Waals surface area contributed by atoms with Gasteiger partial charge < -0.3 is 15.4 Å². The highest BCUT2D eigenvalue weighted by Gasteiger charge is 2.14. The number of aryl methyl sites for hydroxylation is 1. The second kappa shape index (κ2) is 7.92. The SMILES string of the molecule is Cc1cnc([C@@H](C)NC(=O)N[C@H](C)COc2ccccc2F)s1. The minimum Gasteiger partial charge on any atom is -0.488 e. The van der Waals surface area contributed by atoms with Crippen molar-refractivity contribution in [1.29, 1.82) is 0 Å². The predicted octanol–water partition coefficient (Wildman–Crippen LogP) is 3.42. The average molecular weight is 337 g/mol. The first-order valence-electron chi connectivity index (χ1n) is 7.32. The third-order valence-electron chi connectivity index (χ3n) is 3.06. The van der Waals surface area contributed by atoms with E-state index in [1.807, 2.05) is 13.8 Å². The van der Waals surface area contributed by atoms with Gasteiger partial charge in [0.25, 0.3) is 0 Å². The van der Waals surface area contributed by atoms with Crippen LogP contribution in [0.15, 0.2) is 30.5 Å². The number of benzene rings is 1. The summed E-state index contributed by atoms with van der Waals surface area (Å²) >= 11 is 1.55. The monoisotopic (exact) mass is 337 g/mol. The molecule has 1 heterocycles. The molecular formula is C16H20FN3O2S. The summed E-state index contributed by atoms with van der Waals surface area (Å²) < 4.78 is 18.8. The van der Waals surface area contributed by atoms with Crippen molar-refractivity contribution in [1.82, 2.24) is 15.6 Å².